The first kappa shape index (κ1) is 15.6. The Bertz CT molecular complexity index is 602. The van der Waals surface area contributed by atoms with E-state index in [0.29, 0.717) is 18.1 Å². The highest BCUT2D eigenvalue weighted by atomic mass is 16.5. The number of rotatable bonds is 7. The first-order valence-electron chi connectivity index (χ1n) is 7.62. The molecule has 2 aromatic rings. The monoisotopic (exact) mass is 288 g/mol. The van der Waals surface area contributed by atoms with Crippen molar-refractivity contribution in [2.75, 3.05) is 13.1 Å². The smallest absolute Gasteiger partial charge is 0.311 e. The molecule has 0 saturated heterocycles. The largest absolute Gasteiger partial charge is 0.426 e. The van der Waals surface area contributed by atoms with Crippen molar-refractivity contribution in [2.45, 2.75) is 33.6 Å². The number of ether oxygens (including phenoxy) is 1. The second-order valence-corrected chi connectivity index (χ2v) is 5.67. The molecule has 4 nitrogen and oxygen atoms in total. The predicted molar refractivity (Wildman–Crippen MR) is 85.6 cm³/mol. The Kier molecular flexibility index (Phi) is 5.39. The minimum absolute atomic E-state index is 0.170. The molecule has 0 aliphatic rings. The van der Waals surface area contributed by atoms with E-state index >= 15 is 0 Å². The molecule has 4 heteroatoms. The summed E-state index contributed by atoms with van der Waals surface area (Å²) in [5.74, 6) is 0.790. The molecule has 1 aromatic carbocycles. The van der Waals surface area contributed by atoms with Gasteiger partial charge in [-0.05, 0) is 43.1 Å². The molecule has 0 bridgehead atoms. The minimum Gasteiger partial charge on any atom is -0.426 e. The molecular weight excluding hydrogens is 264 g/mol. The molecular formula is C17H24N2O2. The van der Waals surface area contributed by atoms with Crippen LogP contribution in [0.15, 0.2) is 24.4 Å². The average molecular weight is 288 g/mol. The van der Waals surface area contributed by atoms with Crippen molar-refractivity contribution in [3.05, 3.63) is 30.0 Å². The fraction of sp³-hybridized carbons (Fsp3) is 0.471. The van der Waals surface area contributed by atoms with Gasteiger partial charge in [-0.3, -0.25) is 4.79 Å². The van der Waals surface area contributed by atoms with Crippen LogP contribution in [0.4, 0.5) is 0 Å². The molecule has 0 fully saturated rings. The lowest BCUT2D eigenvalue weighted by Crippen LogP contribution is -2.16. The van der Waals surface area contributed by atoms with Crippen LogP contribution in [0, 0.1) is 5.92 Å². The summed E-state index contributed by atoms with van der Waals surface area (Å²) in [5.41, 5.74) is 2.19. The fourth-order valence-electron chi connectivity index (χ4n) is 2.40. The topological polar surface area (TPSA) is 54.1 Å². The molecule has 2 rings (SSSR count). The Morgan fingerprint density at radius 1 is 1.38 bits per heavy atom. The third-order valence-corrected chi connectivity index (χ3v) is 3.37. The van der Waals surface area contributed by atoms with Crippen LogP contribution in [0.1, 0.15) is 32.8 Å². The number of nitrogens with one attached hydrogen (secondary N) is 2. The zero-order valence-corrected chi connectivity index (χ0v) is 13.0. The fourth-order valence-corrected chi connectivity index (χ4v) is 2.40. The molecule has 1 heterocycles. The summed E-state index contributed by atoms with van der Waals surface area (Å²) in [4.78, 5) is 15.2. The summed E-state index contributed by atoms with van der Waals surface area (Å²) in [5, 5.41) is 4.34. The zero-order chi connectivity index (χ0) is 15.2. The van der Waals surface area contributed by atoms with Gasteiger partial charge < -0.3 is 15.0 Å². The maximum Gasteiger partial charge on any atom is 0.311 e. The van der Waals surface area contributed by atoms with E-state index in [1.54, 1.807) is 0 Å². The van der Waals surface area contributed by atoms with E-state index in [1.165, 1.54) is 5.56 Å². The van der Waals surface area contributed by atoms with Crippen molar-refractivity contribution in [3.63, 3.8) is 0 Å². The van der Waals surface area contributed by atoms with Crippen LogP contribution < -0.4 is 10.1 Å². The van der Waals surface area contributed by atoms with Gasteiger partial charge in [0.15, 0.2) is 0 Å². The van der Waals surface area contributed by atoms with Gasteiger partial charge in [0.2, 0.25) is 0 Å². The third-order valence-electron chi connectivity index (χ3n) is 3.37. The highest BCUT2D eigenvalue weighted by Gasteiger charge is 2.13. The number of hydrogen-bond acceptors (Lipinski definition) is 3. The molecule has 2 N–H and O–H groups in total. The van der Waals surface area contributed by atoms with Gasteiger partial charge >= 0.3 is 5.97 Å². The summed E-state index contributed by atoms with van der Waals surface area (Å²) in [6.07, 6.45) is 3.35. The van der Waals surface area contributed by atoms with Gasteiger partial charge in [0, 0.05) is 23.5 Å². The highest BCUT2D eigenvalue weighted by Crippen LogP contribution is 2.29. The van der Waals surface area contributed by atoms with E-state index < -0.39 is 0 Å². The summed E-state index contributed by atoms with van der Waals surface area (Å²) in [7, 11) is 0. The molecule has 0 radical (unpaired) electrons. The number of carbonyl (C=O) groups excluding carboxylic acids is 1. The molecule has 0 saturated carbocycles. The Morgan fingerprint density at radius 3 is 2.90 bits per heavy atom. The van der Waals surface area contributed by atoms with E-state index in [-0.39, 0.29) is 5.97 Å². The molecule has 0 spiro atoms. The third kappa shape index (κ3) is 4.08. The van der Waals surface area contributed by atoms with Crippen LogP contribution in [-0.4, -0.2) is 24.0 Å². The number of aromatic amines is 1. The maximum absolute atomic E-state index is 11.9. The normalized spacial score (nSPS) is 11.2. The quantitative estimate of drug-likeness (QED) is 0.467. The Morgan fingerprint density at radius 2 is 2.19 bits per heavy atom. The molecule has 0 aliphatic carbocycles. The number of hydrogen-bond donors (Lipinski definition) is 2. The lowest BCUT2D eigenvalue weighted by atomic mass is 10.1. The molecule has 21 heavy (non-hydrogen) atoms. The van der Waals surface area contributed by atoms with Crippen LogP contribution in [-0.2, 0) is 11.2 Å². The summed E-state index contributed by atoms with van der Waals surface area (Å²) >= 11 is 0. The number of aromatic nitrogens is 1. The number of carbonyl (C=O) groups is 1. The second-order valence-electron chi connectivity index (χ2n) is 5.67. The van der Waals surface area contributed by atoms with Gasteiger partial charge in [0.05, 0.1) is 0 Å². The number of benzene rings is 1. The molecule has 0 aliphatic heterocycles. The Balaban J connectivity index is 2.22. The van der Waals surface area contributed by atoms with Gasteiger partial charge in [0.1, 0.15) is 5.75 Å². The molecule has 1 aromatic heterocycles. The van der Waals surface area contributed by atoms with E-state index in [0.717, 1.165) is 30.4 Å². The van der Waals surface area contributed by atoms with E-state index in [1.807, 2.05) is 38.2 Å². The van der Waals surface area contributed by atoms with Crippen molar-refractivity contribution in [1.29, 1.82) is 0 Å². The molecule has 0 atom stereocenters. The Labute approximate surface area is 125 Å². The standard InChI is InChI=1S/C17H24N2O2/c1-4-18-9-8-13-11-19-14-6-5-7-15(17(13)14)21-16(20)10-12(2)3/h5-7,11-12,18-19H,4,8-10H2,1-3H3. The second kappa shape index (κ2) is 7.27. The van der Waals surface area contributed by atoms with Crippen molar-refractivity contribution in [1.82, 2.24) is 10.3 Å². The summed E-state index contributed by atoms with van der Waals surface area (Å²) in [6.45, 7) is 7.99. The lowest BCUT2D eigenvalue weighted by Gasteiger charge is -2.09. The van der Waals surface area contributed by atoms with Crippen molar-refractivity contribution < 1.29 is 9.53 Å². The maximum atomic E-state index is 11.9. The van der Waals surface area contributed by atoms with Crippen molar-refractivity contribution in [2.24, 2.45) is 5.92 Å². The van der Waals surface area contributed by atoms with Crippen LogP contribution in [0.3, 0.4) is 0 Å². The first-order chi connectivity index (χ1) is 10.1. The lowest BCUT2D eigenvalue weighted by molar-refractivity contribution is -0.135. The van der Waals surface area contributed by atoms with Crippen molar-refractivity contribution in [3.8, 4) is 5.75 Å². The van der Waals surface area contributed by atoms with Gasteiger partial charge in [-0.2, -0.15) is 0 Å². The average Bonchev–Trinajstić information content (AvgIpc) is 2.82. The highest BCUT2D eigenvalue weighted by molar-refractivity contribution is 5.91. The zero-order valence-electron chi connectivity index (χ0n) is 13.0. The summed E-state index contributed by atoms with van der Waals surface area (Å²) < 4.78 is 5.56. The molecule has 0 amide bonds. The number of likely N-dealkylation sites (N-methyl/N-ethyl adjacent to an activating group) is 1. The van der Waals surface area contributed by atoms with Crippen LogP contribution in [0.2, 0.25) is 0 Å². The number of H-pyrrole nitrogens is 1. The SMILES string of the molecule is CCNCCc1c[nH]c2cccc(OC(=O)CC(C)C)c12. The molecule has 0 unspecified atom stereocenters. The van der Waals surface area contributed by atoms with E-state index in [4.69, 9.17) is 4.74 Å². The van der Waals surface area contributed by atoms with E-state index in [9.17, 15) is 4.79 Å². The van der Waals surface area contributed by atoms with Gasteiger partial charge in [-0.25, -0.2) is 0 Å². The van der Waals surface area contributed by atoms with Crippen LogP contribution in [0.25, 0.3) is 10.9 Å². The minimum atomic E-state index is -0.170. The first-order valence-corrected chi connectivity index (χ1v) is 7.62. The van der Waals surface area contributed by atoms with Crippen LogP contribution in [0.5, 0.6) is 5.75 Å². The Hall–Kier alpha value is -1.81. The predicted octanol–water partition coefficient (Wildman–Crippen LogP) is 3.27. The van der Waals surface area contributed by atoms with Crippen LogP contribution >= 0.6 is 0 Å². The number of esters is 1. The van der Waals surface area contributed by atoms with Gasteiger partial charge in [-0.15, -0.1) is 0 Å². The molecule has 114 valence electrons. The van der Waals surface area contributed by atoms with Gasteiger partial charge in [-0.1, -0.05) is 26.8 Å². The van der Waals surface area contributed by atoms with Crippen molar-refractivity contribution >= 4 is 16.9 Å². The van der Waals surface area contributed by atoms with Gasteiger partial charge in [0.25, 0.3) is 0 Å². The van der Waals surface area contributed by atoms with E-state index in [2.05, 4.69) is 17.2 Å². The summed E-state index contributed by atoms with van der Waals surface area (Å²) in [6, 6.07) is 5.78. The number of fused-ring (bicyclic) bond motifs is 1.